The highest BCUT2D eigenvalue weighted by Crippen LogP contribution is 2.22. The Kier molecular flexibility index (Phi) is 3.01. The van der Waals surface area contributed by atoms with Crippen LogP contribution in [-0.2, 0) is 0 Å². The number of benzene rings is 1. The molecular formula is C13H15ClN2. The Morgan fingerprint density at radius 1 is 1.31 bits per heavy atom. The van der Waals surface area contributed by atoms with Gasteiger partial charge in [-0.25, -0.2) is 4.68 Å². The molecular weight excluding hydrogens is 220 g/mol. The van der Waals surface area contributed by atoms with Crippen molar-refractivity contribution in [3.05, 3.63) is 46.7 Å². The first kappa shape index (κ1) is 11.2. The number of hydrogen-bond donors (Lipinski definition) is 0. The second kappa shape index (κ2) is 4.30. The fraction of sp³-hybridized carbons (Fsp3) is 0.308. The molecule has 0 fully saturated rings. The van der Waals surface area contributed by atoms with Gasteiger partial charge in [-0.3, -0.25) is 0 Å². The van der Waals surface area contributed by atoms with Crippen LogP contribution in [0.25, 0.3) is 5.69 Å². The molecule has 84 valence electrons. The van der Waals surface area contributed by atoms with E-state index < -0.39 is 0 Å². The van der Waals surface area contributed by atoms with Crippen LogP contribution in [0.3, 0.4) is 0 Å². The van der Waals surface area contributed by atoms with Gasteiger partial charge in [-0.2, -0.15) is 5.10 Å². The summed E-state index contributed by atoms with van der Waals surface area (Å²) in [7, 11) is 0. The Balaban J connectivity index is 2.42. The maximum atomic E-state index is 6.19. The molecule has 1 heterocycles. The van der Waals surface area contributed by atoms with Gasteiger partial charge in [0.1, 0.15) is 0 Å². The lowest BCUT2D eigenvalue weighted by molar-refractivity contribution is 0.858. The van der Waals surface area contributed by atoms with E-state index in [0.29, 0.717) is 5.92 Å². The Bertz CT molecular complexity index is 500. The molecule has 1 aromatic carbocycles. The molecule has 16 heavy (non-hydrogen) atoms. The van der Waals surface area contributed by atoms with Crippen LogP contribution in [0.4, 0.5) is 0 Å². The van der Waals surface area contributed by atoms with Crippen molar-refractivity contribution in [2.45, 2.75) is 26.7 Å². The zero-order chi connectivity index (χ0) is 11.7. The minimum Gasteiger partial charge on any atom is -0.239 e. The van der Waals surface area contributed by atoms with E-state index in [4.69, 9.17) is 11.6 Å². The molecule has 0 radical (unpaired) electrons. The van der Waals surface area contributed by atoms with Crippen LogP contribution >= 0.6 is 11.6 Å². The lowest BCUT2D eigenvalue weighted by atomic mass is 10.1. The molecule has 2 rings (SSSR count). The lowest BCUT2D eigenvalue weighted by Crippen LogP contribution is -1.95. The number of nitrogens with zero attached hydrogens (tertiary/aromatic N) is 2. The van der Waals surface area contributed by atoms with E-state index in [1.807, 2.05) is 42.2 Å². The van der Waals surface area contributed by atoms with Crippen molar-refractivity contribution >= 4 is 11.6 Å². The van der Waals surface area contributed by atoms with Gasteiger partial charge in [-0.15, -0.1) is 0 Å². The number of rotatable bonds is 2. The van der Waals surface area contributed by atoms with Crippen LogP contribution in [0.2, 0.25) is 5.02 Å². The zero-order valence-electron chi connectivity index (χ0n) is 9.74. The molecule has 0 aliphatic carbocycles. The normalized spacial score (nSPS) is 11.1. The molecule has 0 saturated heterocycles. The summed E-state index contributed by atoms with van der Waals surface area (Å²) in [5.41, 5.74) is 3.31. The summed E-state index contributed by atoms with van der Waals surface area (Å²) in [6, 6.07) is 5.99. The van der Waals surface area contributed by atoms with E-state index in [1.54, 1.807) is 0 Å². The van der Waals surface area contributed by atoms with Gasteiger partial charge >= 0.3 is 0 Å². The first-order valence-electron chi connectivity index (χ1n) is 5.39. The van der Waals surface area contributed by atoms with Gasteiger partial charge in [0.05, 0.1) is 16.9 Å². The Morgan fingerprint density at radius 2 is 2.06 bits per heavy atom. The summed E-state index contributed by atoms with van der Waals surface area (Å²) in [5.74, 6) is 0.484. The second-order valence-electron chi connectivity index (χ2n) is 4.33. The van der Waals surface area contributed by atoms with Crippen molar-refractivity contribution in [2.75, 3.05) is 0 Å². The number of halogens is 1. The molecule has 0 saturated carbocycles. The number of aromatic nitrogens is 2. The van der Waals surface area contributed by atoms with Crippen molar-refractivity contribution in [3.8, 4) is 5.69 Å². The van der Waals surface area contributed by atoms with Gasteiger partial charge in [0.25, 0.3) is 0 Å². The summed E-state index contributed by atoms with van der Waals surface area (Å²) in [6.07, 6.45) is 3.92. The summed E-state index contributed by atoms with van der Waals surface area (Å²) in [5, 5.41) is 5.07. The predicted molar refractivity (Wildman–Crippen MR) is 67.4 cm³/mol. The van der Waals surface area contributed by atoms with E-state index in [0.717, 1.165) is 16.3 Å². The van der Waals surface area contributed by atoms with E-state index in [2.05, 4.69) is 18.9 Å². The molecule has 0 amide bonds. The second-order valence-corrected chi connectivity index (χ2v) is 4.74. The molecule has 2 aromatic rings. The van der Waals surface area contributed by atoms with E-state index in [9.17, 15) is 0 Å². The van der Waals surface area contributed by atoms with Gasteiger partial charge in [0, 0.05) is 6.20 Å². The third-order valence-corrected chi connectivity index (χ3v) is 2.92. The first-order valence-corrected chi connectivity index (χ1v) is 5.77. The van der Waals surface area contributed by atoms with Crippen LogP contribution in [0.1, 0.15) is 30.9 Å². The van der Waals surface area contributed by atoms with Crippen molar-refractivity contribution < 1.29 is 0 Å². The SMILES string of the molecule is Cc1ccc(-n2cc(C(C)C)cn2)c(Cl)c1. The highest BCUT2D eigenvalue weighted by molar-refractivity contribution is 6.32. The smallest absolute Gasteiger partial charge is 0.0832 e. The minimum atomic E-state index is 0.484. The van der Waals surface area contributed by atoms with Crippen molar-refractivity contribution in [1.29, 1.82) is 0 Å². The molecule has 2 nitrogen and oxygen atoms in total. The Morgan fingerprint density at radius 3 is 2.62 bits per heavy atom. The Labute approximate surface area is 101 Å². The third kappa shape index (κ3) is 2.12. The van der Waals surface area contributed by atoms with Gasteiger partial charge in [-0.1, -0.05) is 31.5 Å². The van der Waals surface area contributed by atoms with Crippen molar-refractivity contribution in [3.63, 3.8) is 0 Å². The Hall–Kier alpha value is -1.28. The highest BCUT2D eigenvalue weighted by atomic mass is 35.5. The van der Waals surface area contributed by atoms with Gasteiger partial charge in [0.2, 0.25) is 0 Å². The molecule has 3 heteroatoms. The lowest BCUT2D eigenvalue weighted by Gasteiger charge is -2.05. The summed E-state index contributed by atoms with van der Waals surface area (Å²) in [6.45, 7) is 6.33. The van der Waals surface area contributed by atoms with Gasteiger partial charge < -0.3 is 0 Å². The minimum absolute atomic E-state index is 0.484. The molecule has 0 aliphatic heterocycles. The first-order chi connectivity index (χ1) is 7.58. The predicted octanol–water partition coefficient (Wildman–Crippen LogP) is 3.96. The number of aryl methyl sites for hydroxylation is 1. The molecule has 0 bridgehead atoms. The van der Waals surface area contributed by atoms with Crippen molar-refractivity contribution in [2.24, 2.45) is 0 Å². The maximum Gasteiger partial charge on any atom is 0.0832 e. The van der Waals surface area contributed by atoms with Crippen LogP contribution in [-0.4, -0.2) is 9.78 Å². The van der Waals surface area contributed by atoms with Gasteiger partial charge in [0.15, 0.2) is 0 Å². The van der Waals surface area contributed by atoms with Gasteiger partial charge in [-0.05, 0) is 36.1 Å². The fourth-order valence-electron chi connectivity index (χ4n) is 1.56. The summed E-state index contributed by atoms with van der Waals surface area (Å²) < 4.78 is 1.83. The quantitative estimate of drug-likeness (QED) is 0.769. The van der Waals surface area contributed by atoms with Crippen molar-refractivity contribution in [1.82, 2.24) is 9.78 Å². The molecule has 0 aliphatic rings. The topological polar surface area (TPSA) is 17.8 Å². The van der Waals surface area contributed by atoms with E-state index in [1.165, 1.54) is 5.56 Å². The zero-order valence-corrected chi connectivity index (χ0v) is 10.5. The standard InChI is InChI=1S/C13H15ClN2/c1-9(2)11-7-15-16(8-11)13-5-4-10(3)6-12(13)14/h4-9H,1-3H3. The van der Waals surface area contributed by atoms with Crippen LogP contribution < -0.4 is 0 Å². The largest absolute Gasteiger partial charge is 0.239 e. The maximum absolute atomic E-state index is 6.19. The van der Waals surface area contributed by atoms with E-state index >= 15 is 0 Å². The summed E-state index contributed by atoms with van der Waals surface area (Å²) in [4.78, 5) is 0. The summed E-state index contributed by atoms with van der Waals surface area (Å²) >= 11 is 6.19. The van der Waals surface area contributed by atoms with Crippen LogP contribution in [0, 0.1) is 6.92 Å². The molecule has 0 N–H and O–H groups in total. The molecule has 1 aromatic heterocycles. The third-order valence-electron chi connectivity index (χ3n) is 2.62. The average Bonchev–Trinajstić information content (AvgIpc) is 2.66. The monoisotopic (exact) mass is 234 g/mol. The van der Waals surface area contributed by atoms with Crippen LogP contribution in [0.15, 0.2) is 30.6 Å². The van der Waals surface area contributed by atoms with Crippen LogP contribution in [0.5, 0.6) is 0 Å². The highest BCUT2D eigenvalue weighted by Gasteiger charge is 2.07. The molecule has 0 spiro atoms. The molecule has 0 unspecified atom stereocenters. The average molecular weight is 235 g/mol. The fourth-order valence-corrected chi connectivity index (χ4v) is 1.89. The number of hydrogen-bond acceptors (Lipinski definition) is 1. The van der Waals surface area contributed by atoms with E-state index in [-0.39, 0.29) is 0 Å². The molecule has 0 atom stereocenters.